The summed E-state index contributed by atoms with van der Waals surface area (Å²) in [5, 5.41) is 21.0. The van der Waals surface area contributed by atoms with Crippen molar-refractivity contribution in [3.05, 3.63) is 33.7 Å². The highest BCUT2D eigenvalue weighted by Crippen LogP contribution is 2.52. The zero-order chi connectivity index (χ0) is 22.0. The molecule has 2 saturated heterocycles. The summed E-state index contributed by atoms with van der Waals surface area (Å²) in [5.74, 6) is -0.161. The molecule has 2 aromatic heterocycles. The van der Waals surface area contributed by atoms with Gasteiger partial charge >= 0.3 is 6.09 Å². The van der Waals surface area contributed by atoms with Gasteiger partial charge in [0.05, 0.1) is 28.1 Å². The van der Waals surface area contributed by atoms with E-state index in [1.807, 2.05) is 19.2 Å². The summed E-state index contributed by atoms with van der Waals surface area (Å²) in [6.45, 7) is 2.56. The predicted octanol–water partition coefficient (Wildman–Crippen LogP) is 5.50. The maximum atomic E-state index is 15.4. The first kappa shape index (κ1) is 20.6. The number of nitriles is 1. The highest BCUT2D eigenvalue weighted by molar-refractivity contribution is 9.10. The predicted molar refractivity (Wildman–Crippen MR) is 121 cm³/mol. The Labute approximate surface area is 191 Å². The van der Waals surface area contributed by atoms with E-state index in [-0.39, 0.29) is 18.0 Å². The Morgan fingerprint density at radius 3 is 2.87 bits per heavy atom. The van der Waals surface area contributed by atoms with E-state index in [0.29, 0.717) is 34.8 Å². The van der Waals surface area contributed by atoms with Gasteiger partial charge in [0.1, 0.15) is 10.5 Å². The van der Waals surface area contributed by atoms with Crippen LogP contribution in [-0.2, 0) is 6.42 Å². The fourth-order valence-corrected chi connectivity index (χ4v) is 6.37. The molecule has 3 fully saturated rings. The molecule has 4 heterocycles. The van der Waals surface area contributed by atoms with Gasteiger partial charge in [0.25, 0.3) is 0 Å². The van der Waals surface area contributed by atoms with Crippen molar-refractivity contribution in [1.29, 1.82) is 5.26 Å². The van der Waals surface area contributed by atoms with E-state index in [2.05, 4.69) is 37.6 Å². The van der Waals surface area contributed by atoms with Gasteiger partial charge in [-0.1, -0.05) is 0 Å². The van der Waals surface area contributed by atoms with Gasteiger partial charge in [-0.25, -0.2) is 14.2 Å². The fraction of sp³-hybridized carbons (Fsp3) is 0.409. The lowest BCUT2D eigenvalue weighted by Crippen LogP contribution is -2.42. The van der Waals surface area contributed by atoms with Crippen LogP contribution < -0.4 is 0 Å². The summed E-state index contributed by atoms with van der Waals surface area (Å²) in [5.41, 5.74) is 2.96. The molecule has 0 spiro atoms. The van der Waals surface area contributed by atoms with Crippen molar-refractivity contribution in [3.8, 4) is 6.07 Å². The second-order valence-electron chi connectivity index (χ2n) is 8.25. The number of pyridine rings is 1. The summed E-state index contributed by atoms with van der Waals surface area (Å²) in [7, 11) is 0. The fourth-order valence-electron chi connectivity index (χ4n) is 5.32. The molecule has 1 aliphatic carbocycles. The molecular weight excluding hydrogens is 483 g/mol. The van der Waals surface area contributed by atoms with Crippen LogP contribution >= 0.6 is 27.7 Å². The number of fused-ring (bicyclic) bond motifs is 4. The Bertz CT molecular complexity index is 1300. The maximum Gasteiger partial charge on any atom is 0.407 e. The van der Waals surface area contributed by atoms with Crippen molar-refractivity contribution in [1.82, 2.24) is 14.5 Å². The summed E-state index contributed by atoms with van der Waals surface area (Å²) in [4.78, 5) is 17.8. The first-order valence-corrected chi connectivity index (χ1v) is 12.1. The van der Waals surface area contributed by atoms with E-state index in [4.69, 9.17) is 5.26 Å². The standard InChI is InChI=1S/C22H20BrFN4O2S/c1-10-6-14-20(28(10)19-12-8-15(19)27(9-12)22(29)30)13-7-11(4-3-5-25)16(23)17(24)18(13)26-21(14)31-2/h6-7,12,15,19H,3-4,8-9H2,1-2H3,(H,29,30)/t12-,15-,19+/m1/s1. The van der Waals surface area contributed by atoms with Crippen molar-refractivity contribution in [2.24, 2.45) is 5.92 Å². The molecule has 3 atom stereocenters. The smallest absolute Gasteiger partial charge is 0.407 e. The maximum absolute atomic E-state index is 15.4. The number of thioether (sulfide) groups is 1. The third-order valence-electron chi connectivity index (χ3n) is 6.68. The number of benzene rings is 1. The van der Waals surface area contributed by atoms with E-state index in [0.717, 1.165) is 33.6 Å². The molecule has 0 radical (unpaired) electrons. The van der Waals surface area contributed by atoms with E-state index in [9.17, 15) is 9.90 Å². The van der Waals surface area contributed by atoms with Crippen molar-refractivity contribution >= 4 is 55.6 Å². The third-order valence-corrected chi connectivity index (χ3v) is 8.24. The molecule has 9 heteroatoms. The Kier molecular flexibility index (Phi) is 4.90. The quantitative estimate of drug-likeness (QED) is 0.476. The molecule has 1 saturated carbocycles. The van der Waals surface area contributed by atoms with Crippen LogP contribution in [0.2, 0.25) is 0 Å². The van der Waals surface area contributed by atoms with Gasteiger partial charge in [-0.15, -0.1) is 11.8 Å². The molecule has 160 valence electrons. The number of aryl methyl sites for hydroxylation is 2. The number of amides is 1. The minimum atomic E-state index is -0.880. The number of hydrogen-bond donors (Lipinski definition) is 1. The number of rotatable bonds is 4. The zero-order valence-corrected chi connectivity index (χ0v) is 19.4. The monoisotopic (exact) mass is 502 g/mol. The van der Waals surface area contributed by atoms with Gasteiger partial charge < -0.3 is 14.6 Å². The van der Waals surface area contributed by atoms with Gasteiger partial charge in [0.15, 0.2) is 5.82 Å². The van der Waals surface area contributed by atoms with Crippen LogP contribution in [0.5, 0.6) is 0 Å². The second kappa shape index (κ2) is 7.38. The van der Waals surface area contributed by atoms with Crippen LogP contribution in [0, 0.1) is 30.0 Å². The van der Waals surface area contributed by atoms with Gasteiger partial charge in [0.2, 0.25) is 0 Å². The molecule has 2 aliphatic heterocycles. The lowest BCUT2D eigenvalue weighted by atomic mass is 9.79. The van der Waals surface area contributed by atoms with E-state index in [1.54, 1.807) is 0 Å². The molecule has 3 aromatic rings. The van der Waals surface area contributed by atoms with Crippen LogP contribution in [0.3, 0.4) is 0 Å². The Morgan fingerprint density at radius 1 is 1.45 bits per heavy atom. The van der Waals surface area contributed by atoms with Crippen molar-refractivity contribution in [2.45, 2.75) is 43.3 Å². The average Bonchev–Trinajstić information content (AvgIpc) is 3.42. The van der Waals surface area contributed by atoms with Crippen LogP contribution in [0.25, 0.3) is 21.8 Å². The Balaban J connectivity index is 1.80. The van der Waals surface area contributed by atoms with Gasteiger partial charge in [0, 0.05) is 35.3 Å². The SMILES string of the molecule is CSc1nc2c(F)c(Br)c(CCC#N)cc2c2c1cc(C)n2[C@H]1[C@@H]2C[C@H]1N(C(=O)O)C2. The molecule has 1 amide bonds. The summed E-state index contributed by atoms with van der Waals surface area (Å²) in [6.07, 6.45) is 2.64. The van der Waals surface area contributed by atoms with E-state index in [1.165, 1.54) is 16.7 Å². The number of nitrogens with zero attached hydrogens (tertiary/aromatic N) is 4. The lowest BCUT2D eigenvalue weighted by Gasteiger charge is -2.38. The second-order valence-corrected chi connectivity index (χ2v) is 9.83. The van der Waals surface area contributed by atoms with Crippen LogP contribution in [-0.4, -0.2) is 44.5 Å². The molecule has 2 bridgehead atoms. The van der Waals surface area contributed by atoms with Gasteiger partial charge in [-0.05, 0) is 59.6 Å². The minimum absolute atomic E-state index is 0.0446. The van der Waals surface area contributed by atoms with E-state index < -0.39 is 11.9 Å². The molecule has 31 heavy (non-hydrogen) atoms. The Morgan fingerprint density at radius 2 is 2.23 bits per heavy atom. The van der Waals surface area contributed by atoms with Crippen molar-refractivity contribution in [3.63, 3.8) is 0 Å². The molecule has 1 N–H and O–H groups in total. The number of halogens is 2. The third kappa shape index (κ3) is 2.88. The number of carbonyl (C=O) groups is 1. The summed E-state index contributed by atoms with van der Waals surface area (Å²) in [6, 6.07) is 6.12. The van der Waals surface area contributed by atoms with Crippen LogP contribution in [0.15, 0.2) is 21.6 Å². The van der Waals surface area contributed by atoms with E-state index >= 15 is 4.39 Å². The van der Waals surface area contributed by atoms with Gasteiger partial charge in [-0.3, -0.25) is 0 Å². The highest BCUT2D eigenvalue weighted by atomic mass is 79.9. The summed E-state index contributed by atoms with van der Waals surface area (Å²) < 4.78 is 18.0. The van der Waals surface area contributed by atoms with Crippen molar-refractivity contribution < 1.29 is 14.3 Å². The first-order chi connectivity index (χ1) is 14.9. The van der Waals surface area contributed by atoms with Crippen molar-refractivity contribution in [2.75, 3.05) is 12.8 Å². The number of carboxylic acid groups (broad SMARTS) is 1. The normalized spacial score (nSPS) is 22.2. The average molecular weight is 503 g/mol. The molecule has 1 aromatic carbocycles. The molecule has 6 rings (SSSR count). The topological polar surface area (TPSA) is 82.2 Å². The van der Waals surface area contributed by atoms with Crippen LogP contribution in [0.1, 0.15) is 30.1 Å². The number of aromatic nitrogens is 2. The van der Waals surface area contributed by atoms with Gasteiger partial charge in [-0.2, -0.15) is 5.26 Å². The molecule has 3 aliphatic rings. The number of hydrogen-bond acceptors (Lipinski definition) is 4. The molecule has 0 unspecified atom stereocenters. The summed E-state index contributed by atoms with van der Waals surface area (Å²) >= 11 is 4.84. The minimum Gasteiger partial charge on any atom is -0.465 e. The lowest BCUT2D eigenvalue weighted by molar-refractivity contribution is 0.124. The zero-order valence-electron chi connectivity index (χ0n) is 17.0. The first-order valence-electron chi connectivity index (χ1n) is 10.1. The largest absolute Gasteiger partial charge is 0.465 e. The Hall–Kier alpha value is -2.31. The van der Waals surface area contributed by atoms with Crippen LogP contribution in [0.4, 0.5) is 9.18 Å². The molecule has 6 nitrogen and oxygen atoms in total. The highest BCUT2D eigenvalue weighted by Gasteiger charge is 2.55. The molecular formula is C22H20BrFN4O2S.